The molecule has 0 spiro atoms. The van der Waals surface area contributed by atoms with Crippen LogP contribution in [0.1, 0.15) is 49.9 Å². The fourth-order valence-corrected chi connectivity index (χ4v) is 2.88. The fraction of sp³-hybridized carbons (Fsp3) is 0.455. The third-order valence-corrected chi connectivity index (χ3v) is 3.99. The first-order valence-corrected chi connectivity index (χ1v) is 8.89. The first kappa shape index (κ1) is 17.7. The largest absolute Gasteiger partial charge is 0.309 e. The lowest BCUT2D eigenvalue weighted by molar-refractivity contribution is 0.645. The van der Waals surface area contributed by atoms with Gasteiger partial charge in [-0.15, -0.1) is 0 Å². The average molecular weight is 309 g/mol. The Balaban J connectivity index is 1.78. The molecule has 0 fully saturated rings. The van der Waals surface area contributed by atoms with Crippen LogP contribution in [0.2, 0.25) is 0 Å². The Morgan fingerprint density at radius 2 is 0.870 bits per heavy atom. The molecule has 0 atom stereocenters. The van der Waals surface area contributed by atoms with E-state index in [2.05, 4.69) is 81.5 Å². The second-order valence-corrected chi connectivity index (χ2v) is 7.43. The first-order chi connectivity index (χ1) is 11.0. The molecule has 0 aliphatic rings. The molecule has 2 aromatic rings. The molecule has 0 bridgehead atoms. The molecule has 1 nitrogen and oxygen atoms in total. The van der Waals surface area contributed by atoms with E-state index in [1.807, 2.05) is 0 Å². The van der Waals surface area contributed by atoms with E-state index in [4.69, 9.17) is 0 Å². The van der Waals surface area contributed by atoms with E-state index in [0.29, 0.717) is 0 Å². The van der Waals surface area contributed by atoms with Crippen LogP contribution in [0.5, 0.6) is 0 Å². The van der Waals surface area contributed by atoms with Crippen molar-refractivity contribution < 1.29 is 0 Å². The van der Waals surface area contributed by atoms with Crippen molar-refractivity contribution in [3.05, 3.63) is 70.8 Å². The van der Waals surface area contributed by atoms with Crippen molar-refractivity contribution in [3.63, 3.8) is 0 Å². The molecule has 0 amide bonds. The Morgan fingerprint density at radius 1 is 0.565 bits per heavy atom. The average Bonchev–Trinajstić information content (AvgIpc) is 2.50. The molecule has 0 aliphatic carbocycles. The summed E-state index contributed by atoms with van der Waals surface area (Å²) in [6, 6.07) is 18.0. The van der Waals surface area contributed by atoms with E-state index in [-0.39, 0.29) is 0 Å². The maximum Gasteiger partial charge on any atom is 0.0208 e. The van der Waals surface area contributed by atoms with Crippen LogP contribution in [0.25, 0.3) is 0 Å². The van der Waals surface area contributed by atoms with Crippen molar-refractivity contribution in [1.29, 1.82) is 0 Å². The third-order valence-electron chi connectivity index (χ3n) is 3.99. The van der Waals surface area contributed by atoms with E-state index in [0.717, 1.165) is 37.8 Å². The fourth-order valence-electron chi connectivity index (χ4n) is 2.88. The molecule has 0 unspecified atom stereocenters. The van der Waals surface area contributed by atoms with Gasteiger partial charge in [0.15, 0.2) is 0 Å². The van der Waals surface area contributed by atoms with Crippen molar-refractivity contribution in [1.82, 2.24) is 5.32 Å². The van der Waals surface area contributed by atoms with Gasteiger partial charge in [0.1, 0.15) is 0 Å². The van der Waals surface area contributed by atoms with Crippen LogP contribution in [0.4, 0.5) is 0 Å². The lowest BCUT2D eigenvalue weighted by Gasteiger charge is -2.09. The highest BCUT2D eigenvalue weighted by molar-refractivity contribution is 5.24. The summed E-state index contributed by atoms with van der Waals surface area (Å²) in [5.74, 6) is 1.44. The van der Waals surface area contributed by atoms with Crippen LogP contribution >= 0.6 is 0 Å². The summed E-state index contributed by atoms with van der Waals surface area (Å²) >= 11 is 0. The van der Waals surface area contributed by atoms with Gasteiger partial charge in [0.2, 0.25) is 0 Å². The van der Waals surface area contributed by atoms with Crippen LogP contribution in [0, 0.1) is 11.8 Å². The summed E-state index contributed by atoms with van der Waals surface area (Å²) in [5.41, 5.74) is 5.58. The van der Waals surface area contributed by atoms with Gasteiger partial charge >= 0.3 is 0 Å². The van der Waals surface area contributed by atoms with Crippen LogP contribution in [-0.4, -0.2) is 0 Å². The summed E-state index contributed by atoms with van der Waals surface area (Å²) in [6.07, 6.45) is 2.33. The van der Waals surface area contributed by atoms with Gasteiger partial charge in [-0.3, -0.25) is 0 Å². The smallest absolute Gasteiger partial charge is 0.0208 e. The first-order valence-electron chi connectivity index (χ1n) is 8.89. The van der Waals surface area contributed by atoms with E-state index < -0.39 is 0 Å². The van der Waals surface area contributed by atoms with Crippen molar-refractivity contribution in [2.24, 2.45) is 11.8 Å². The minimum absolute atomic E-state index is 0.720. The van der Waals surface area contributed by atoms with Gasteiger partial charge in [0, 0.05) is 13.1 Å². The van der Waals surface area contributed by atoms with E-state index in [1.165, 1.54) is 22.3 Å². The molecule has 23 heavy (non-hydrogen) atoms. The molecule has 0 saturated carbocycles. The molecule has 0 heterocycles. The molecule has 2 rings (SSSR count). The standard InChI is InChI=1S/C22H31N/c1-17(2)13-19-5-9-21(10-6-19)15-23-16-22-11-7-20(8-12-22)14-18(3)4/h5-12,17-18,23H,13-16H2,1-4H3. The molecule has 2 aromatic carbocycles. The highest BCUT2D eigenvalue weighted by Crippen LogP contribution is 2.11. The Bertz CT molecular complexity index is 510. The van der Waals surface area contributed by atoms with Crippen LogP contribution < -0.4 is 5.32 Å². The van der Waals surface area contributed by atoms with Gasteiger partial charge in [0.25, 0.3) is 0 Å². The lowest BCUT2D eigenvalue weighted by atomic mass is 10.0. The van der Waals surface area contributed by atoms with E-state index in [9.17, 15) is 0 Å². The number of hydrogen-bond donors (Lipinski definition) is 1. The monoisotopic (exact) mass is 309 g/mol. The van der Waals surface area contributed by atoms with Crippen molar-refractivity contribution in [3.8, 4) is 0 Å². The Labute approximate surface area is 142 Å². The van der Waals surface area contributed by atoms with Gasteiger partial charge in [0.05, 0.1) is 0 Å². The maximum absolute atomic E-state index is 3.54. The third kappa shape index (κ3) is 6.58. The molecule has 1 heteroatoms. The molecule has 0 aliphatic heterocycles. The molecular formula is C22H31N. The lowest BCUT2D eigenvalue weighted by Crippen LogP contribution is -2.12. The van der Waals surface area contributed by atoms with Gasteiger partial charge in [-0.2, -0.15) is 0 Å². The summed E-state index contributed by atoms with van der Waals surface area (Å²) in [5, 5.41) is 3.54. The SMILES string of the molecule is CC(C)Cc1ccc(CNCc2ccc(CC(C)C)cc2)cc1. The van der Waals surface area contributed by atoms with Gasteiger partial charge in [-0.25, -0.2) is 0 Å². The molecule has 0 saturated heterocycles. The molecule has 0 radical (unpaired) electrons. The number of rotatable bonds is 8. The minimum Gasteiger partial charge on any atom is -0.309 e. The number of benzene rings is 2. The molecule has 1 N–H and O–H groups in total. The number of nitrogens with one attached hydrogen (secondary N) is 1. The van der Waals surface area contributed by atoms with Crippen LogP contribution in [0.3, 0.4) is 0 Å². The van der Waals surface area contributed by atoms with E-state index >= 15 is 0 Å². The van der Waals surface area contributed by atoms with Gasteiger partial charge < -0.3 is 5.32 Å². The van der Waals surface area contributed by atoms with E-state index in [1.54, 1.807) is 0 Å². The second kappa shape index (κ2) is 8.88. The predicted octanol–water partition coefficient (Wildman–Crippen LogP) is 5.37. The molecule has 0 aromatic heterocycles. The van der Waals surface area contributed by atoms with Gasteiger partial charge in [-0.05, 0) is 46.9 Å². The Morgan fingerprint density at radius 3 is 1.17 bits per heavy atom. The van der Waals surface area contributed by atoms with Crippen molar-refractivity contribution >= 4 is 0 Å². The zero-order valence-electron chi connectivity index (χ0n) is 15.1. The van der Waals surface area contributed by atoms with Crippen molar-refractivity contribution in [2.75, 3.05) is 0 Å². The van der Waals surface area contributed by atoms with Gasteiger partial charge in [-0.1, -0.05) is 76.2 Å². The quantitative estimate of drug-likeness (QED) is 0.691. The van der Waals surface area contributed by atoms with Crippen molar-refractivity contribution in [2.45, 2.75) is 53.6 Å². The minimum atomic E-state index is 0.720. The Kier molecular flexibility index (Phi) is 6.85. The zero-order valence-corrected chi connectivity index (χ0v) is 15.1. The summed E-state index contributed by atoms with van der Waals surface area (Å²) in [4.78, 5) is 0. The summed E-state index contributed by atoms with van der Waals surface area (Å²) < 4.78 is 0. The highest BCUT2D eigenvalue weighted by atomic mass is 14.8. The normalized spacial score (nSPS) is 11.4. The second-order valence-electron chi connectivity index (χ2n) is 7.43. The topological polar surface area (TPSA) is 12.0 Å². The van der Waals surface area contributed by atoms with Crippen LogP contribution in [-0.2, 0) is 25.9 Å². The predicted molar refractivity (Wildman–Crippen MR) is 101 cm³/mol. The number of hydrogen-bond acceptors (Lipinski definition) is 1. The summed E-state index contributed by atoms with van der Waals surface area (Å²) in [6.45, 7) is 10.9. The molecular weight excluding hydrogens is 278 g/mol. The van der Waals surface area contributed by atoms with Crippen LogP contribution in [0.15, 0.2) is 48.5 Å². The molecule has 124 valence electrons. The summed E-state index contributed by atoms with van der Waals surface area (Å²) in [7, 11) is 0. The Hall–Kier alpha value is -1.60. The maximum atomic E-state index is 3.54. The highest BCUT2D eigenvalue weighted by Gasteiger charge is 2.00. The zero-order chi connectivity index (χ0) is 16.7.